The molecule has 0 bridgehead atoms. The summed E-state index contributed by atoms with van der Waals surface area (Å²) < 4.78 is 19.2. The zero-order valence-electron chi connectivity index (χ0n) is 11.3. The number of nitrogens with one attached hydrogen (secondary N) is 1. The van der Waals surface area contributed by atoms with Crippen LogP contribution in [-0.4, -0.2) is 10.9 Å². The third-order valence-electron chi connectivity index (χ3n) is 3.24. The Morgan fingerprint density at radius 3 is 2.90 bits per heavy atom. The number of furan rings is 1. The van der Waals surface area contributed by atoms with Gasteiger partial charge in [-0.05, 0) is 25.1 Å². The molecule has 0 aliphatic carbocycles. The molecule has 4 nitrogen and oxygen atoms in total. The summed E-state index contributed by atoms with van der Waals surface area (Å²) >= 11 is 0. The molecule has 106 valence electrons. The first-order chi connectivity index (χ1) is 10.1. The van der Waals surface area contributed by atoms with Gasteiger partial charge in [-0.1, -0.05) is 18.2 Å². The summed E-state index contributed by atoms with van der Waals surface area (Å²) in [6.07, 6.45) is 2.39. The minimum Gasteiger partial charge on any atom is -0.459 e. The predicted octanol–water partition coefficient (Wildman–Crippen LogP) is 3.46. The molecule has 2 heterocycles. The van der Waals surface area contributed by atoms with E-state index in [1.807, 2.05) is 30.3 Å². The molecule has 0 saturated carbocycles. The molecule has 2 aromatic heterocycles. The van der Waals surface area contributed by atoms with Crippen molar-refractivity contribution in [3.63, 3.8) is 0 Å². The molecule has 1 N–H and O–H groups in total. The Morgan fingerprint density at radius 1 is 1.33 bits per heavy atom. The van der Waals surface area contributed by atoms with E-state index in [0.29, 0.717) is 5.76 Å². The molecule has 0 fully saturated rings. The number of pyridine rings is 1. The van der Waals surface area contributed by atoms with Gasteiger partial charge in [-0.3, -0.25) is 9.78 Å². The second-order valence-electron chi connectivity index (χ2n) is 4.74. The van der Waals surface area contributed by atoms with Crippen LogP contribution in [0.2, 0.25) is 0 Å². The number of para-hydroxylation sites is 1. The van der Waals surface area contributed by atoms with E-state index in [4.69, 9.17) is 4.42 Å². The second-order valence-corrected chi connectivity index (χ2v) is 4.74. The third-order valence-corrected chi connectivity index (χ3v) is 3.24. The summed E-state index contributed by atoms with van der Waals surface area (Å²) in [5.74, 6) is -0.520. The van der Waals surface area contributed by atoms with Crippen molar-refractivity contribution in [2.24, 2.45) is 0 Å². The number of carbonyl (C=O) groups excluding carboxylic acids is 1. The number of rotatable bonds is 3. The molecule has 0 radical (unpaired) electrons. The van der Waals surface area contributed by atoms with Crippen molar-refractivity contribution in [3.05, 3.63) is 65.9 Å². The average molecular weight is 284 g/mol. The smallest absolute Gasteiger partial charge is 0.254 e. The number of carbonyl (C=O) groups is 1. The van der Waals surface area contributed by atoms with Gasteiger partial charge in [-0.25, -0.2) is 4.39 Å². The van der Waals surface area contributed by atoms with Crippen molar-refractivity contribution < 1.29 is 13.6 Å². The zero-order chi connectivity index (χ0) is 14.8. The maximum Gasteiger partial charge on any atom is 0.254 e. The molecular weight excluding hydrogens is 271 g/mol. The number of aromatic nitrogens is 1. The first-order valence-electron chi connectivity index (χ1n) is 6.54. The van der Waals surface area contributed by atoms with Gasteiger partial charge in [0.2, 0.25) is 0 Å². The lowest BCUT2D eigenvalue weighted by atomic mass is 10.2. The van der Waals surface area contributed by atoms with E-state index in [9.17, 15) is 9.18 Å². The zero-order valence-corrected chi connectivity index (χ0v) is 11.3. The highest BCUT2D eigenvalue weighted by Crippen LogP contribution is 2.23. The molecule has 1 atom stereocenters. The van der Waals surface area contributed by atoms with E-state index in [-0.39, 0.29) is 11.6 Å². The number of fused-ring (bicyclic) bond motifs is 1. The lowest BCUT2D eigenvalue weighted by molar-refractivity contribution is 0.0931. The Bertz CT molecular complexity index is 765. The summed E-state index contributed by atoms with van der Waals surface area (Å²) in [5, 5.41) is 3.68. The van der Waals surface area contributed by atoms with Gasteiger partial charge in [0.1, 0.15) is 11.3 Å². The van der Waals surface area contributed by atoms with E-state index < -0.39 is 11.7 Å². The van der Waals surface area contributed by atoms with E-state index >= 15 is 0 Å². The summed E-state index contributed by atoms with van der Waals surface area (Å²) in [7, 11) is 0. The minimum atomic E-state index is -0.646. The van der Waals surface area contributed by atoms with Crippen LogP contribution in [0.25, 0.3) is 11.0 Å². The van der Waals surface area contributed by atoms with Gasteiger partial charge in [0.25, 0.3) is 5.91 Å². The van der Waals surface area contributed by atoms with Gasteiger partial charge in [-0.2, -0.15) is 0 Å². The van der Waals surface area contributed by atoms with Crippen molar-refractivity contribution >= 4 is 16.9 Å². The van der Waals surface area contributed by atoms with E-state index in [2.05, 4.69) is 10.3 Å². The van der Waals surface area contributed by atoms with E-state index in [1.54, 1.807) is 6.92 Å². The highest BCUT2D eigenvalue weighted by molar-refractivity contribution is 5.94. The predicted molar refractivity (Wildman–Crippen MR) is 76.3 cm³/mol. The Kier molecular flexibility index (Phi) is 3.39. The van der Waals surface area contributed by atoms with Crippen LogP contribution in [0.3, 0.4) is 0 Å². The molecule has 0 saturated heterocycles. The quantitative estimate of drug-likeness (QED) is 0.801. The second kappa shape index (κ2) is 5.36. The third kappa shape index (κ3) is 2.63. The molecular formula is C16H13FN2O2. The summed E-state index contributed by atoms with van der Waals surface area (Å²) in [5.41, 5.74) is 0.719. The first-order valence-corrected chi connectivity index (χ1v) is 6.54. The Labute approximate surface area is 120 Å². The van der Waals surface area contributed by atoms with Gasteiger partial charge in [0, 0.05) is 11.6 Å². The molecule has 3 aromatic rings. The standard InChI is InChI=1S/C16H13FN2O2/c1-10(15-8-11-4-2-3-5-14(11)21-15)19-16(20)12-6-7-18-9-13(12)17/h2-10H,1H3,(H,19,20). The Balaban J connectivity index is 1.81. The van der Waals surface area contributed by atoms with Crippen molar-refractivity contribution in [1.82, 2.24) is 10.3 Å². The molecule has 3 rings (SSSR count). The van der Waals surface area contributed by atoms with Gasteiger partial charge >= 0.3 is 0 Å². The van der Waals surface area contributed by atoms with Gasteiger partial charge < -0.3 is 9.73 Å². The fourth-order valence-corrected chi connectivity index (χ4v) is 2.12. The molecule has 1 aromatic carbocycles. The lowest BCUT2D eigenvalue weighted by Crippen LogP contribution is -2.27. The number of hydrogen-bond donors (Lipinski definition) is 1. The van der Waals surface area contributed by atoms with Gasteiger partial charge in [0.15, 0.2) is 5.82 Å². The summed E-state index contributed by atoms with van der Waals surface area (Å²) in [6.45, 7) is 1.79. The van der Waals surface area contributed by atoms with E-state index in [1.165, 1.54) is 12.3 Å². The maximum atomic E-state index is 13.5. The molecule has 21 heavy (non-hydrogen) atoms. The molecule has 0 spiro atoms. The van der Waals surface area contributed by atoms with Crippen molar-refractivity contribution in [3.8, 4) is 0 Å². The lowest BCUT2D eigenvalue weighted by Gasteiger charge is -2.11. The Morgan fingerprint density at radius 2 is 2.14 bits per heavy atom. The number of hydrogen-bond acceptors (Lipinski definition) is 3. The average Bonchev–Trinajstić information content (AvgIpc) is 2.91. The first kappa shape index (κ1) is 13.3. The number of benzene rings is 1. The normalized spacial score (nSPS) is 12.3. The van der Waals surface area contributed by atoms with Crippen LogP contribution in [0.1, 0.15) is 29.1 Å². The van der Waals surface area contributed by atoms with Crippen LogP contribution in [-0.2, 0) is 0 Å². The Hall–Kier alpha value is -2.69. The summed E-state index contributed by atoms with van der Waals surface area (Å²) in [4.78, 5) is 15.7. The highest BCUT2D eigenvalue weighted by atomic mass is 19.1. The van der Waals surface area contributed by atoms with Crippen LogP contribution >= 0.6 is 0 Å². The molecule has 5 heteroatoms. The number of amides is 1. The van der Waals surface area contributed by atoms with Crippen LogP contribution in [0, 0.1) is 5.82 Å². The van der Waals surface area contributed by atoms with Crippen LogP contribution in [0.5, 0.6) is 0 Å². The molecule has 0 aliphatic rings. The van der Waals surface area contributed by atoms with Crippen LogP contribution in [0.15, 0.2) is 53.2 Å². The molecule has 1 amide bonds. The van der Waals surface area contributed by atoms with Gasteiger partial charge in [0.05, 0.1) is 17.8 Å². The maximum absolute atomic E-state index is 13.5. The molecule has 1 unspecified atom stereocenters. The van der Waals surface area contributed by atoms with Gasteiger partial charge in [-0.15, -0.1) is 0 Å². The van der Waals surface area contributed by atoms with Crippen LogP contribution in [0.4, 0.5) is 4.39 Å². The monoisotopic (exact) mass is 284 g/mol. The minimum absolute atomic E-state index is 0.0343. The highest BCUT2D eigenvalue weighted by Gasteiger charge is 2.17. The number of halogens is 1. The fourth-order valence-electron chi connectivity index (χ4n) is 2.12. The number of nitrogens with zero attached hydrogens (tertiary/aromatic N) is 1. The topological polar surface area (TPSA) is 55.1 Å². The largest absolute Gasteiger partial charge is 0.459 e. The van der Waals surface area contributed by atoms with E-state index in [0.717, 1.165) is 17.2 Å². The van der Waals surface area contributed by atoms with Crippen molar-refractivity contribution in [2.45, 2.75) is 13.0 Å². The van der Waals surface area contributed by atoms with Crippen molar-refractivity contribution in [1.29, 1.82) is 0 Å². The van der Waals surface area contributed by atoms with Crippen molar-refractivity contribution in [2.75, 3.05) is 0 Å². The fraction of sp³-hybridized carbons (Fsp3) is 0.125. The van der Waals surface area contributed by atoms with Crippen LogP contribution < -0.4 is 5.32 Å². The summed E-state index contributed by atoms with van der Waals surface area (Å²) in [6, 6.07) is 10.4. The molecule has 0 aliphatic heterocycles. The SMILES string of the molecule is CC(NC(=O)c1ccncc1F)c1cc2ccccc2o1.